The molecule has 4 saturated carbocycles. The number of phenols is 1. The topological polar surface area (TPSA) is 188 Å². The van der Waals surface area contributed by atoms with Gasteiger partial charge in [-0.25, -0.2) is 0 Å². The normalized spacial score (nSPS) is 36.9. The van der Waals surface area contributed by atoms with E-state index < -0.39 is 56.6 Å². The number of hydrogen-bond acceptors (Lipinski definition) is 14. The molecule has 5 N–H and O–H groups in total. The third-order valence-electron chi connectivity index (χ3n) is 17.8. The quantitative estimate of drug-likeness (QED) is 0.127. The Morgan fingerprint density at radius 1 is 0.697 bits per heavy atom. The summed E-state index contributed by atoms with van der Waals surface area (Å²) in [5.41, 5.74) is 1.66. The van der Waals surface area contributed by atoms with E-state index in [1.807, 2.05) is 18.0 Å². The lowest BCUT2D eigenvalue weighted by Gasteiger charge is -2.59. The number of hydrogen-bond donors (Lipinski definition) is 5. The third-order valence-corrected chi connectivity index (χ3v) is 18.4. The summed E-state index contributed by atoms with van der Waals surface area (Å²) in [5.74, 6) is 5.48. The van der Waals surface area contributed by atoms with Crippen molar-refractivity contribution in [3.05, 3.63) is 46.5 Å². The predicted molar refractivity (Wildman–Crippen MR) is 252 cm³/mol. The van der Waals surface area contributed by atoms with E-state index in [4.69, 9.17) is 18.9 Å². The Labute approximate surface area is 399 Å². The van der Waals surface area contributed by atoms with Gasteiger partial charge in [-0.3, -0.25) is 14.0 Å². The lowest BCUT2D eigenvalue weighted by atomic mass is 9.50. The van der Waals surface area contributed by atoms with Gasteiger partial charge in [-0.15, -0.1) is 0 Å². The third kappa shape index (κ3) is 7.73. The number of methoxy groups -OCH3 is 1. The van der Waals surface area contributed by atoms with Crippen molar-refractivity contribution in [3.8, 4) is 23.0 Å². The minimum absolute atomic E-state index is 0.0715. The predicted octanol–water partition coefficient (Wildman–Crippen LogP) is 5.12. The van der Waals surface area contributed by atoms with E-state index in [0.717, 1.165) is 107 Å². The van der Waals surface area contributed by atoms with Crippen LogP contribution >= 0.6 is 15.9 Å². The van der Waals surface area contributed by atoms with Crippen LogP contribution in [0.4, 0.5) is 0 Å². The smallest absolute Gasteiger partial charge is 0.264 e. The Morgan fingerprint density at radius 3 is 1.62 bits per heavy atom. The Bertz CT molecular complexity index is 2190. The number of aromatic hydroxyl groups is 1. The summed E-state index contributed by atoms with van der Waals surface area (Å²) < 4.78 is 47.4. The summed E-state index contributed by atoms with van der Waals surface area (Å²) in [6.45, 7) is 5.16. The van der Waals surface area contributed by atoms with E-state index in [9.17, 15) is 34.0 Å². The van der Waals surface area contributed by atoms with E-state index >= 15 is 0 Å². The number of phenolic OH excluding ortho intramolecular Hbond substituents is 1. The van der Waals surface area contributed by atoms with Crippen LogP contribution in [0.3, 0.4) is 0 Å². The van der Waals surface area contributed by atoms with Crippen LogP contribution in [0.5, 0.6) is 23.0 Å². The summed E-state index contributed by atoms with van der Waals surface area (Å²) in [6.07, 6.45) is 14.6. The van der Waals surface area contributed by atoms with Gasteiger partial charge in [0.15, 0.2) is 23.0 Å². The minimum Gasteiger partial charge on any atom is -0.504 e. The zero-order valence-corrected chi connectivity index (χ0v) is 41.7. The molecule has 16 heteroatoms. The van der Waals surface area contributed by atoms with Crippen LogP contribution in [0.15, 0.2) is 24.3 Å². The fourth-order valence-corrected chi connectivity index (χ4v) is 14.5. The van der Waals surface area contributed by atoms with E-state index in [2.05, 4.69) is 36.0 Å². The molecule has 10 atom stereocenters. The number of rotatable bonds is 9. The minimum atomic E-state index is -3.16. The second-order valence-corrected chi connectivity index (χ2v) is 22.6. The Morgan fingerprint density at radius 2 is 1.17 bits per heavy atom. The van der Waals surface area contributed by atoms with Gasteiger partial charge in [0.05, 0.1) is 54.2 Å². The first-order valence-electron chi connectivity index (χ1n) is 24.6. The first-order valence-corrected chi connectivity index (χ1v) is 28.0. The highest BCUT2D eigenvalue weighted by atomic mass is 79.9. The molecule has 10 aliphatic rings. The molecule has 2 spiro atoms. The molecule has 0 amide bonds. The van der Waals surface area contributed by atoms with Crippen molar-refractivity contribution in [1.29, 1.82) is 0 Å². The Kier molecular flexibility index (Phi) is 13.9. The zero-order valence-electron chi connectivity index (χ0n) is 39.3. The maximum Gasteiger partial charge on any atom is 0.264 e. The van der Waals surface area contributed by atoms with Gasteiger partial charge < -0.3 is 44.5 Å². The summed E-state index contributed by atoms with van der Waals surface area (Å²) in [5, 5.41) is 57.1. The molecule has 0 unspecified atom stereocenters. The number of aliphatic hydroxyl groups is 4. The molecule has 368 valence electrons. The molecule has 6 fully saturated rings. The lowest BCUT2D eigenvalue weighted by Crippen LogP contribution is -2.72. The van der Waals surface area contributed by atoms with Crippen molar-refractivity contribution < 1.29 is 57.1 Å². The number of aliphatic hydroxyl groups excluding tert-OH is 2. The number of benzene rings is 2. The molecule has 0 aromatic heterocycles. The molecule has 2 aromatic rings. The fraction of sp³-hybridized carbons (Fsp3) is 0.760. The van der Waals surface area contributed by atoms with Crippen molar-refractivity contribution in [2.24, 2.45) is 11.8 Å². The molecule has 2 saturated heterocycles. The largest absolute Gasteiger partial charge is 0.504 e. The van der Waals surface area contributed by atoms with Gasteiger partial charge in [-0.1, -0.05) is 40.9 Å². The average Bonchev–Trinajstić information content (AvgIpc) is 3.80. The molecular weight excluding hydrogens is 933 g/mol. The van der Waals surface area contributed by atoms with E-state index in [1.165, 1.54) is 49.7 Å². The zero-order chi connectivity index (χ0) is 46.8. The van der Waals surface area contributed by atoms with Crippen molar-refractivity contribution in [2.75, 3.05) is 65.7 Å². The van der Waals surface area contributed by atoms with E-state index in [0.29, 0.717) is 50.4 Å². The van der Waals surface area contributed by atoms with Crippen LogP contribution in [0.1, 0.15) is 112 Å². The molecule has 4 aliphatic heterocycles. The molecule has 4 bridgehead atoms. The number of alkyl halides is 1. The molecule has 66 heavy (non-hydrogen) atoms. The van der Waals surface area contributed by atoms with Crippen molar-refractivity contribution >= 4 is 26.0 Å². The second-order valence-electron chi connectivity index (χ2n) is 20.9. The van der Waals surface area contributed by atoms with Gasteiger partial charge >= 0.3 is 0 Å². The van der Waals surface area contributed by atoms with Crippen molar-refractivity contribution in [1.82, 2.24) is 9.80 Å². The van der Waals surface area contributed by atoms with E-state index in [1.54, 1.807) is 13.2 Å². The highest BCUT2D eigenvalue weighted by Crippen LogP contribution is 2.67. The van der Waals surface area contributed by atoms with Gasteiger partial charge in [0.2, 0.25) is 0 Å². The number of halogens is 1. The molecule has 6 aliphatic carbocycles. The fourth-order valence-electron chi connectivity index (χ4n) is 14.5. The monoisotopic (exact) mass is 1000 g/mol. The molecule has 12 rings (SSSR count). The first-order chi connectivity index (χ1) is 31.7. The van der Waals surface area contributed by atoms with Crippen molar-refractivity contribution in [3.63, 3.8) is 0 Å². The van der Waals surface area contributed by atoms with Crippen LogP contribution in [0, 0.1) is 11.8 Å². The van der Waals surface area contributed by atoms with Gasteiger partial charge in [-0.05, 0) is 144 Å². The standard InChI is InChI=1S/C25H35NO5.C22H29NO4.C2H6O3S.CH3Br/c1-29-12-13-30-19-7-6-17-14-20-25(28)10-8-18(27)23-24(25,21(17)22(19)31-23)9-3-11-26(20)15-16-4-2-5-16;24-15-6-5-14-11-17-22(26)9-7-16(25)20-21(22,18(14)19(15)27-20)8-2-10-23(17)12-13-3-1-4-13;1-5-6(2,3)4;1-2/h6-7,16,18,20,23,27-28H,2-5,8-15H2,1H3;5-6,13,16-17,20,24-26H,1-4,7-12H2;1-2H3;1H3/t18-,20+,23-,24-,25+;16-,17+,20-,21-,22+;;/m00../s1. The maximum atomic E-state index is 12.5. The number of nitrogens with zero attached hydrogens (tertiary/aromatic N) is 2. The van der Waals surface area contributed by atoms with Crippen LogP contribution in [-0.4, -0.2) is 157 Å². The first kappa shape index (κ1) is 48.8. The molecule has 2 aromatic carbocycles. The second kappa shape index (κ2) is 18.8. The summed E-state index contributed by atoms with van der Waals surface area (Å²) >= 11 is 2.94. The Hall–Kier alpha value is -2.25. The molecule has 0 radical (unpaired) electrons. The van der Waals surface area contributed by atoms with Gasteiger partial charge in [0.1, 0.15) is 18.8 Å². The molecule has 4 heterocycles. The summed E-state index contributed by atoms with van der Waals surface area (Å²) in [6, 6.07) is 8.09. The Balaban J connectivity index is 0.000000144. The van der Waals surface area contributed by atoms with Gasteiger partial charge in [-0.2, -0.15) is 8.42 Å². The van der Waals surface area contributed by atoms with Crippen LogP contribution < -0.4 is 14.2 Å². The van der Waals surface area contributed by atoms with Crippen LogP contribution in [-0.2, 0) is 42.7 Å². The van der Waals surface area contributed by atoms with Gasteiger partial charge in [0, 0.05) is 43.4 Å². The highest BCUT2D eigenvalue weighted by Gasteiger charge is 2.73. The summed E-state index contributed by atoms with van der Waals surface area (Å²) in [4.78, 5) is 5.15. The number of ether oxygens (including phenoxy) is 4. The van der Waals surface area contributed by atoms with E-state index in [-0.39, 0.29) is 17.8 Å². The lowest BCUT2D eigenvalue weighted by molar-refractivity contribution is -0.178. The van der Waals surface area contributed by atoms with Crippen LogP contribution in [0.2, 0.25) is 0 Å². The number of likely N-dealkylation sites (tertiary alicyclic amines) is 2. The molecule has 14 nitrogen and oxygen atoms in total. The van der Waals surface area contributed by atoms with Crippen LogP contribution in [0.25, 0.3) is 0 Å². The summed E-state index contributed by atoms with van der Waals surface area (Å²) in [7, 11) is -0.378. The molecular formula is C50H73BrN2O12S. The highest BCUT2D eigenvalue weighted by molar-refractivity contribution is 9.08. The SMILES string of the molecule is CBr.COCCOc1ccc2c3c1O[C@H]1[C@@H](O)CC[C@@]4(O)[C@@H](C2)N(CC2CCC2)CCC[C@]314.COS(C)(=O)=O.Oc1ccc2c3c1O[C@H]1[C@@H](O)CC[C@@]4(O)[C@@H](C2)N(CC2CCC2)CCC[C@]314. The maximum absolute atomic E-state index is 12.5. The van der Waals surface area contributed by atoms with Crippen molar-refractivity contribution in [2.45, 2.75) is 161 Å². The van der Waals surface area contributed by atoms with Gasteiger partial charge in [0.25, 0.3) is 10.1 Å². The average molecular weight is 1010 g/mol.